The molecule has 0 amide bonds. The lowest BCUT2D eigenvalue weighted by atomic mass is 10.1. The number of hydrogen-bond donors (Lipinski definition) is 0. The van der Waals surface area contributed by atoms with Crippen molar-refractivity contribution in [3.8, 4) is 0 Å². The van der Waals surface area contributed by atoms with Crippen LogP contribution >= 0.6 is 11.6 Å². The lowest BCUT2D eigenvalue weighted by Gasteiger charge is -2.07. The van der Waals surface area contributed by atoms with Crippen LogP contribution in [0.4, 0.5) is 0 Å². The molecule has 86 valence electrons. The fraction of sp³-hybridized carbons (Fsp3) is 0.500. The Labute approximate surface area is 97.7 Å². The maximum atomic E-state index is 11.5. The molecule has 1 aromatic rings. The van der Waals surface area contributed by atoms with Gasteiger partial charge in [-0.15, -0.1) is 0 Å². The predicted octanol–water partition coefficient (Wildman–Crippen LogP) is 1.32. The number of hydrogen-bond acceptors (Lipinski definition) is 5. The van der Waals surface area contributed by atoms with Crippen molar-refractivity contribution in [2.45, 2.75) is 6.42 Å². The van der Waals surface area contributed by atoms with E-state index in [1.165, 1.54) is 12.4 Å². The molecule has 16 heavy (non-hydrogen) atoms. The van der Waals surface area contributed by atoms with Crippen LogP contribution in [0.1, 0.15) is 16.9 Å². The molecule has 5 nitrogen and oxygen atoms in total. The highest BCUT2D eigenvalue weighted by Gasteiger charge is 2.18. The largest absolute Gasteiger partial charge is 0.461 e. The van der Waals surface area contributed by atoms with Gasteiger partial charge in [0.25, 0.3) is 0 Å². The highest BCUT2D eigenvalue weighted by molar-refractivity contribution is 6.29. The summed E-state index contributed by atoms with van der Waals surface area (Å²) in [7, 11) is 0. The summed E-state index contributed by atoms with van der Waals surface area (Å²) in [4.78, 5) is 19.1. The third-order valence-corrected chi connectivity index (χ3v) is 2.50. The zero-order valence-electron chi connectivity index (χ0n) is 8.56. The van der Waals surface area contributed by atoms with Gasteiger partial charge in [-0.1, -0.05) is 11.6 Å². The second-order valence-electron chi connectivity index (χ2n) is 3.55. The summed E-state index contributed by atoms with van der Waals surface area (Å²) in [5, 5.41) is 0.251. The molecule has 1 aliphatic heterocycles. The van der Waals surface area contributed by atoms with Crippen molar-refractivity contribution in [3.63, 3.8) is 0 Å². The molecule has 1 aliphatic rings. The van der Waals surface area contributed by atoms with E-state index in [9.17, 15) is 4.79 Å². The Kier molecular flexibility index (Phi) is 3.69. The highest BCUT2D eigenvalue weighted by atomic mass is 35.5. The number of carbonyl (C=O) groups excluding carboxylic acids is 1. The summed E-state index contributed by atoms with van der Waals surface area (Å²) in [5.74, 6) is -0.180. The van der Waals surface area contributed by atoms with Crippen LogP contribution in [-0.4, -0.2) is 35.8 Å². The molecule has 0 spiro atoms. The van der Waals surface area contributed by atoms with E-state index in [1.807, 2.05) is 0 Å². The molecule has 0 aromatic carbocycles. The molecule has 1 fully saturated rings. The van der Waals surface area contributed by atoms with Gasteiger partial charge in [-0.25, -0.2) is 14.8 Å². The Morgan fingerprint density at radius 2 is 2.44 bits per heavy atom. The average Bonchev–Trinajstić information content (AvgIpc) is 2.80. The first-order valence-electron chi connectivity index (χ1n) is 4.98. The fourth-order valence-corrected chi connectivity index (χ4v) is 1.50. The van der Waals surface area contributed by atoms with Crippen molar-refractivity contribution in [2.75, 3.05) is 19.8 Å². The highest BCUT2D eigenvalue weighted by Crippen LogP contribution is 2.13. The molecule has 1 saturated heterocycles. The molecule has 0 saturated carbocycles. The van der Waals surface area contributed by atoms with Crippen molar-refractivity contribution in [1.82, 2.24) is 9.97 Å². The minimum absolute atomic E-state index is 0.170. The third kappa shape index (κ3) is 2.90. The molecule has 1 atom stereocenters. The van der Waals surface area contributed by atoms with E-state index in [4.69, 9.17) is 21.1 Å². The van der Waals surface area contributed by atoms with Crippen LogP contribution in [-0.2, 0) is 9.47 Å². The van der Waals surface area contributed by atoms with Crippen molar-refractivity contribution in [3.05, 3.63) is 23.2 Å². The van der Waals surface area contributed by atoms with E-state index in [1.54, 1.807) is 0 Å². The second-order valence-corrected chi connectivity index (χ2v) is 3.94. The topological polar surface area (TPSA) is 61.3 Å². The fourth-order valence-electron chi connectivity index (χ4n) is 1.40. The Bertz CT molecular complexity index is 363. The molecular formula is C10H11ClN2O3. The Morgan fingerprint density at radius 3 is 3.06 bits per heavy atom. The van der Waals surface area contributed by atoms with E-state index < -0.39 is 5.97 Å². The monoisotopic (exact) mass is 242 g/mol. The summed E-state index contributed by atoms with van der Waals surface area (Å²) in [6.45, 7) is 1.76. The average molecular weight is 243 g/mol. The van der Waals surface area contributed by atoms with E-state index in [-0.39, 0.29) is 10.8 Å². The van der Waals surface area contributed by atoms with Gasteiger partial charge in [0.05, 0.1) is 25.6 Å². The Morgan fingerprint density at radius 1 is 1.56 bits per heavy atom. The van der Waals surface area contributed by atoms with E-state index in [2.05, 4.69) is 9.97 Å². The summed E-state index contributed by atoms with van der Waals surface area (Å²) >= 11 is 5.55. The third-order valence-electron chi connectivity index (χ3n) is 2.30. The van der Waals surface area contributed by atoms with Crippen LogP contribution in [0.2, 0.25) is 5.15 Å². The first-order chi connectivity index (χ1) is 7.75. The number of ether oxygens (including phenoxy) is 2. The van der Waals surface area contributed by atoms with Crippen molar-refractivity contribution < 1.29 is 14.3 Å². The van der Waals surface area contributed by atoms with Gasteiger partial charge in [0.2, 0.25) is 0 Å². The minimum Gasteiger partial charge on any atom is -0.461 e. The van der Waals surface area contributed by atoms with Gasteiger partial charge < -0.3 is 9.47 Å². The molecule has 0 N–H and O–H groups in total. The van der Waals surface area contributed by atoms with Crippen LogP contribution in [0.15, 0.2) is 12.4 Å². The van der Waals surface area contributed by atoms with E-state index in [0.29, 0.717) is 19.1 Å². The number of carbonyl (C=O) groups is 1. The number of aromatic nitrogens is 2. The van der Waals surface area contributed by atoms with Gasteiger partial charge >= 0.3 is 5.97 Å². The van der Waals surface area contributed by atoms with Crippen LogP contribution in [0.5, 0.6) is 0 Å². The zero-order chi connectivity index (χ0) is 11.4. The van der Waals surface area contributed by atoms with Crippen molar-refractivity contribution in [1.29, 1.82) is 0 Å². The summed E-state index contributed by atoms with van der Waals surface area (Å²) < 4.78 is 10.3. The normalized spacial score (nSPS) is 19.7. The zero-order valence-corrected chi connectivity index (χ0v) is 9.31. The maximum absolute atomic E-state index is 11.5. The van der Waals surface area contributed by atoms with Gasteiger partial charge in [-0.2, -0.15) is 0 Å². The lowest BCUT2D eigenvalue weighted by Crippen LogP contribution is -2.15. The van der Waals surface area contributed by atoms with Crippen molar-refractivity contribution >= 4 is 17.6 Å². The van der Waals surface area contributed by atoms with Gasteiger partial charge in [0.15, 0.2) is 5.69 Å². The number of esters is 1. The quantitative estimate of drug-likeness (QED) is 0.749. The summed E-state index contributed by atoms with van der Waals surface area (Å²) in [6.07, 6.45) is 3.55. The van der Waals surface area contributed by atoms with Gasteiger partial charge in [0, 0.05) is 12.5 Å². The van der Waals surface area contributed by atoms with Gasteiger partial charge in [-0.05, 0) is 6.42 Å². The molecule has 6 heteroatoms. The molecule has 1 aromatic heterocycles. The van der Waals surface area contributed by atoms with E-state index in [0.717, 1.165) is 13.0 Å². The van der Waals surface area contributed by atoms with Gasteiger partial charge in [0.1, 0.15) is 5.15 Å². The van der Waals surface area contributed by atoms with Crippen LogP contribution in [0.25, 0.3) is 0 Å². The molecular weight excluding hydrogens is 232 g/mol. The summed E-state index contributed by atoms with van der Waals surface area (Å²) in [6, 6.07) is 0. The molecule has 2 heterocycles. The number of nitrogens with zero attached hydrogens (tertiary/aromatic N) is 2. The summed E-state index contributed by atoms with van der Waals surface area (Å²) in [5.41, 5.74) is 0.170. The molecule has 1 unspecified atom stereocenters. The minimum atomic E-state index is -0.476. The first-order valence-corrected chi connectivity index (χ1v) is 5.36. The molecule has 0 bridgehead atoms. The van der Waals surface area contributed by atoms with Crippen LogP contribution < -0.4 is 0 Å². The van der Waals surface area contributed by atoms with Gasteiger partial charge in [-0.3, -0.25) is 0 Å². The Hall–Kier alpha value is -1.20. The number of halogens is 1. The molecule has 0 radical (unpaired) electrons. The standard InChI is InChI=1S/C10H11ClN2O3/c11-9-4-12-8(3-13-9)10(14)16-6-7-1-2-15-5-7/h3-4,7H,1-2,5-6H2. The first kappa shape index (κ1) is 11.3. The van der Waals surface area contributed by atoms with Crippen LogP contribution in [0.3, 0.4) is 0 Å². The lowest BCUT2D eigenvalue weighted by molar-refractivity contribution is 0.0421. The second kappa shape index (κ2) is 5.23. The number of rotatable bonds is 3. The SMILES string of the molecule is O=C(OCC1CCOC1)c1cnc(Cl)cn1. The van der Waals surface area contributed by atoms with E-state index >= 15 is 0 Å². The predicted molar refractivity (Wildman–Crippen MR) is 56.3 cm³/mol. The Balaban J connectivity index is 1.85. The molecule has 2 rings (SSSR count). The van der Waals surface area contributed by atoms with Crippen molar-refractivity contribution in [2.24, 2.45) is 5.92 Å². The smallest absolute Gasteiger partial charge is 0.358 e. The molecule has 0 aliphatic carbocycles. The maximum Gasteiger partial charge on any atom is 0.358 e. The van der Waals surface area contributed by atoms with Crippen LogP contribution in [0, 0.1) is 5.92 Å².